The number of nitrogens with one attached hydrogen (secondary N) is 1. The molecular formula is C18H20ClNO5. The summed E-state index contributed by atoms with van der Waals surface area (Å²) in [6.07, 6.45) is 1.39. The van der Waals surface area contributed by atoms with E-state index in [2.05, 4.69) is 5.32 Å². The number of hydrogen-bond acceptors (Lipinski definition) is 5. The first-order valence-corrected chi connectivity index (χ1v) is 8.24. The van der Waals surface area contributed by atoms with E-state index in [1.54, 1.807) is 30.3 Å². The number of carbonyl (C=O) groups is 2. The van der Waals surface area contributed by atoms with Gasteiger partial charge >= 0.3 is 5.97 Å². The number of benzene rings is 1. The molecule has 0 unspecified atom stereocenters. The number of hydrogen-bond donors (Lipinski definition) is 1. The molecule has 0 fully saturated rings. The van der Waals surface area contributed by atoms with Crippen LogP contribution in [0.25, 0.3) is 0 Å². The van der Waals surface area contributed by atoms with Crippen LogP contribution in [0.15, 0.2) is 47.1 Å². The summed E-state index contributed by atoms with van der Waals surface area (Å²) in [5.41, 5.74) is 0. The number of ether oxygens (including phenoxy) is 2. The monoisotopic (exact) mass is 365 g/mol. The zero-order valence-electron chi connectivity index (χ0n) is 14.0. The summed E-state index contributed by atoms with van der Waals surface area (Å²) in [6, 6.07) is 9.23. The van der Waals surface area contributed by atoms with Gasteiger partial charge in [0.2, 0.25) is 0 Å². The predicted molar refractivity (Wildman–Crippen MR) is 92.7 cm³/mol. The second kappa shape index (κ2) is 9.13. The Balaban J connectivity index is 1.79. The van der Waals surface area contributed by atoms with Crippen LogP contribution in [0.3, 0.4) is 0 Å². The Kier molecular flexibility index (Phi) is 6.89. The van der Waals surface area contributed by atoms with Gasteiger partial charge in [-0.25, -0.2) is 4.79 Å². The van der Waals surface area contributed by atoms with Crippen molar-refractivity contribution in [2.45, 2.75) is 19.9 Å². The van der Waals surface area contributed by atoms with Crippen molar-refractivity contribution >= 4 is 23.5 Å². The van der Waals surface area contributed by atoms with Crippen LogP contribution in [0.2, 0.25) is 5.02 Å². The van der Waals surface area contributed by atoms with Gasteiger partial charge in [0.25, 0.3) is 5.91 Å². The van der Waals surface area contributed by atoms with Gasteiger partial charge in [-0.15, -0.1) is 0 Å². The van der Waals surface area contributed by atoms with Crippen molar-refractivity contribution in [2.24, 2.45) is 5.92 Å². The topological polar surface area (TPSA) is 77.8 Å². The van der Waals surface area contributed by atoms with Crippen LogP contribution in [-0.2, 0) is 9.53 Å². The summed E-state index contributed by atoms with van der Waals surface area (Å²) in [6.45, 7) is 3.91. The maximum Gasteiger partial charge on any atom is 0.329 e. The molecule has 1 aromatic carbocycles. The van der Waals surface area contributed by atoms with Gasteiger partial charge in [-0.1, -0.05) is 25.4 Å². The highest BCUT2D eigenvalue weighted by molar-refractivity contribution is 6.30. The normalized spacial score (nSPS) is 11.8. The zero-order chi connectivity index (χ0) is 18.2. The third kappa shape index (κ3) is 5.83. The molecule has 0 saturated carbocycles. The van der Waals surface area contributed by atoms with Crippen LogP contribution in [0.5, 0.6) is 5.75 Å². The van der Waals surface area contributed by atoms with Gasteiger partial charge in [-0.05, 0) is 42.3 Å². The Morgan fingerprint density at radius 2 is 1.88 bits per heavy atom. The van der Waals surface area contributed by atoms with E-state index in [1.165, 1.54) is 12.3 Å². The lowest BCUT2D eigenvalue weighted by atomic mass is 10.0. The van der Waals surface area contributed by atoms with Crippen LogP contribution in [0, 0.1) is 5.92 Å². The first kappa shape index (κ1) is 18.9. The molecule has 0 saturated heterocycles. The largest absolute Gasteiger partial charge is 0.490 e. The summed E-state index contributed by atoms with van der Waals surface area (Å²) in [5.74, 6) is -0.340. The SMILES string of the molecule is CC(C)[C@H](NC(=O)c1ccco1)C(=O)OCCOc1ccc(Cl)cc1. The van der Waals surface area contributed by atoms with E-state index < -0.39 is 17.9 Å². The highest BCUT2D eigenvalue weighted by atomic mass is 35.5. The van der Waals surface area contributed by atoms with E-state index in [-0.39, 0.29) is 24.9 Å². The average molecular weight is 366 g/mol. The molecule has 1 aromatic heterocycles. The number of amides is 1. The van der Waals surface area contributed by atoms with Gasteiger partial charge in [0.05, 0.1) is 6.26 Å². The predicted octanol–water partition coefficient (Wildman–Crippen LogP) is 3.31. The molecule has 25 heavy (non-hydrogen) atoms. The fourth-order valence-electron chi connectivity index (χ4n) is 2.04. The van der Waals surface area contributed by atoms with E-state index in [4.69, 9.17) is 25.5 Å². The Morgan fingerprint density at radius 3 is 2.48 bits per heavy atom. The van der Waals surface area contributed by atoms with Crippen LogP contribution in [-0.4, -0.2) is 31.1 Å². The lowest BCUT2D eigenvalue weighted by Crippen LogP contribution is -2.45. The summed E-state index contributed by atoms with van der Waals surface area (Å²) < 4.78 is 15.7. The first-order valence-electron chi connectivity index (χ1n) is 7.86. The molecule has 0 spiro atoms. The third-order valence-corrected chi connectivity index (χ3v) is 3.61. The lowest BCUT2D eigenvalue weighted by molar-refractivity contribution is -0.147. The molecule has 0 bridgehead atoms. The van der Waals surface area contributed by atoms with Crippen LogP contribution in [0.1, 0.15) is 24.4 Å². The van der Waals surface area contributed by atoms with Crippen LogP contribution < -0.4 is 10.1 Å². The lowest BCUT2D eigenvalue weighted by Gasteiger charge is -2.20. The van der Waals surface area contributed by atoms with Crippen molar-refractivity contribution in [3.63, 3.8) is 0 Å². The van der Waals surface area contributed by atoms with Gasteiger partial charge in [-0.2, -0.15) is 0 Å². The Bertz CT molecular complexity index is 682. The molecule has 1 amide bonds. The van der Waals surface area contributed by atoms with Crippen molar-refractivity contribution < 1.29 is 23.5 Å². The number of furan rings is 1. The van der Waals surface area contributed by atoms with E-state index in [0.29, 0.717) is 10.8 Å². The maximum absolute atomic E-state index is 12.2. The summed E-state index contributed by atoms with van der Waals surface area (Å²) >= 11 is 5.79. The molecule has 0 radical (unpaired) electrons. The molecule has 7 heteroatoms. The van der Waals surface area contributed by atoms with Crippen molar-refractivity contribution in [1.82, 2.24) is 5.32 Å². The Morgan fingerprint density at radius 1 is 1.16 bits per heavy atom. The molecule has 0 aliphatic rings. The number of esters is 1. The molecule has 6 nitrogen and oxygen atoms in total. The molecule has 2 aromatic rings. The number of carbonyl (C=O) groups excluding carboxylic acids is 2. The van der Waals surface area contributed by atoms with Crippen molar-refractivity contribution in [2.75, 3.05) is 13.2 Å². The molecule has 1 N–H and O–H groups in total. The molecule has 134 valence electrons. The Hall–Kier alpha value is -2.47. The number of rotatable bonds is 8. The zero-order valence-corrected chi connectivity index (χ0v) is 14.8. The minimum Gasteiger partial charge on any atom is -0.490 e. The van der Waals surface area contributed by atoms with Gasteiger partial charge in [0, 0.05) is 5.02 Å². The minimum absolute atomic E-state index is 0.0707. The fourth-order valence-corrected chi connectivity index (χ4v) is 2.17. The van der Waals surface area contributed by atoms with E-state index in [1.807, 2.05) is 13.8 Å². The molecule has 0 aliphatic heterocycles. The molecule has 0 aliphatic carbocycles. The van der Waals surface area contributed by atoms with E-state index in [0.717, 1.165) is 0 Å². The van der Waals surface area contributed by atoms with Gasteiger partial charge in [-0.3, -0.25) is 4.79 Å². The molecule has 2 rings (SSSR count). The summed E-state index contributed by atoms with van der Waals surface area (Å²) in [5, 5.41) is 3.24. The minimum atomic E-state index is -0.770. The molecule has 1 atom stereocenters. The standard InChI is InChI=1S/C18H20ClNO5/c1-12(2)16(20-17(21)15-4-3-9-24-15)18(22)25-11-10-23-14-7-5-13(19)6-8-14/h3-9,12,16H,10-11H2,1-2H3,(H,20,21)/t16-/m0/s1. The van der Waals surface area contributed by atoms with Crippen molar-refractivity contribution in [3.05, 3.63) is 53.4 Å². The van der Waals surface area contributed by atoms with E-state index in [9.17, 15) is 9.59 Å². The highest BCUT2D eigenvalue weighted by Gasteiger charge is 2.26. The highest BCUT2D eigenvalue weighted by Crippen LogP contribution is 2.15. The number of halogens is 1. The fraction of sp³-hybridized carbons (Fsp3) is 0.333. The second-order valence-corrected chi connectivity index (χ2v) is 6.08. The second-order valence-electron chi connectivity index (χ2n) is 5.64. The summed E-state index contributed by atoms with van der Waals surface area (Å²) in [4.78, 5) is 24.2. The van der Waals surface area contributed by atoms with Crippen molar-refractivity contribution in [1.29, 1.82) is 0 Å². The van der Waals surface area contributed by atoms with E-state index >= 15 is 0 Å². The van der Waals surface area contributed by atoms with Crippen LogP contribution >= 0.6 is 11.6 Å². The molecular weight excluding hydrogens is 346 g/mol. The van der Waals surface area contributed by atoms with Gasteiger partial charge in [0.15, 0.2) is 5.76 Å². The first-order chi connectivity index (χ1) is 12.0. The maximum atomic E-state index is 12.2. The Labute approximate surface area is 151 Å². The average Bonchev–Trinajstić information content (AvgIpc) is 3.12. The quantitative estimate of drug-likeness (QED) is 0.573. The third-order valence-electron chi connectivity index (χ3n) is 3.36. The smallest absolute Gasteiger partial charge is 0.329 e. The van der Waals surface area contributed by atoms with Gasteiger partial charge < -0.3 is 19.2 Å². The summed E-state index contributed by atoms with van der Waals surface area (Å²) in [7, 11) is 0. The van der Waals surface area contributed by atoms with Crippen LogP contribution in [0.4, 0.5) is 0 Å². The molecule has 1 heterocycles. The van der Waals surface area contributed by atoms with Crippen molar-refractivity contribution in [3.8, 4) is 5.75 Å². The van der Waals surface area contributed by atoms with Gasteiger partial charge in [0.1, 0.15) is 25.0 Å².